The third-order valence-electron chi connectivity index (χ3n) is 3.28. The van der Waals surface area contributed by atoms with Crippen LogP contribution in [0.4, 0.5) is 0 Å². The lowest BCUT2D eigenvalue weighted by Crippen LogP contribution is -1.92. The Morgan fingerprint density at radius 2 is 1.68 bits per heavy atom. The van der Waals surface area contributed by atoms with Gasteiger partial charge in [-0.2, -0.15) is 0 Å². The summed E-state index contributed by atoms with van der Waals surface area (Å²) in [6, 6.07) is 18.8. The lowest BCUT2D eigenvalue weighted by Gasteiger charge is -2.11. The van der Waals surface area contributed by atoms with Crippen LogP contribution >= 0.6 is 0 Å². The van der Waals surface area contributed by atoms with Crippen molar-refractivity contribution in [1.29, 1.82) is 0 Å². The molecule has 19 heavy (non-hydrogen) atoms. The quantitative estimate of drug-likeness (QED) is 0.613. The first kappa shape index (κ1) is 11.7. The predicted octanol–water partition coefficient (Wildman–Crippen LogP) is 4.63. The molecular weight excluding hydrogens is 230 g/mol. The number of hydrogen-bond donors (Lipinski definition) is 0. The van der Waals surface area contributed by atoms with Crippen LogP contribution in [0.5, 0.6) is 0 Å². The van der Waals surface area contributed by atoms with Gasteiger partial charge in [0.1, 0.15) is 0 Å². The molecule has 1 heteroatoms. The monoisotopic (exact) mass is 245 g/mol. The average Bonchev–Trinajstić information content (AvgIpc) is 2.48. The van der Waals surface area contributed by atoms with Gasteiger partial charge in [-0.25, -0.2) is 0 Å². The third kappa shape index (κ3) is 2.15. The summed E-state index contributed by atoms with van der Waals surface area (Å²) in [5.41, 5.74) is 4.76. The molecule has 2 aromatic carbocycles. The zero-order valence-electron chi connectivity index (χ0n) is 10.7. The minimum absolute atomic E-state index is 0.835. The number of para-hydroxylation sites is 1. The molecule has 0 radical (unpaired) electrons. The Kier molecular flexibility index (Phi) is 3.11. The fourth-order valence-corrected chi connectivity index (χ4v) is 2.44. The molecule has 1 nitrogen and oxygen atoms in total. The second kappa shape index (κ2) is 5.07. The Bertz CT molecular complexity index is 714. The van der Waals surface area contributed by atoms with E-state index in [1.54, 1.807) is 0 Å². The van der Waals surface area contributed by atoms with Crippen LogP contribution in [-0.2, 0) is 6.42 Å². The van der Waals surface area contributed by atoms with Gasteiger partial charge in [-0.1, -0.05) is 54.6 Å². The van der Waals surface area contributed by atoms with Gasteiger partial charge >= 0.3 is 0 Å². The van der Waals surface area contributed by atoms with Crippen molar-refractivity contribution in [3.63, 3.8) is 0 Å². The molecule has 0 N–H and O–H groups in total. The van der Waals surface area contributed by atoms with Crippen molar-refractivity contribution in [2.45, 2.75) is 6.42 Å². The van der Waals surface area contributed by atoms with Gasteiger partial charge in [0.2, 0.25) is 0 Å². The summed E-state index contributed by atoms with van der Waals surface area (Å²) in [6.45, 7) is 3.84. The molecule has 1 aromatic heterocycles. The molecule has 1 heterocycles. The molecule has 0 unspecified atom stereocenters. The largest absolute Gasteiger partial charge is 0.256 e. The van der Waals surface area contributed by atoms with E-state index >= 15 is 0 Å². The highest BCUT2D eigenvalue weighted by Gasteiger charge is 2.09. The third-order valence-corrected chi connectivity index (χ3v) is 3.28. The van der Waals surface area contributed by atoms with E-state index in [1.807, 2.05) is 24.4 Å². The number of pyridine rings is 1. The van der Waals surface area contributed by atoms with E-state index in [-0.39, 0.29) is 0 Å². The van der Waals surface area contributed by atoms with Crippen LogP contribution in [-0.4, -0.2) is 4.98 Å². The summed E-state index contributed by atoms with van der Waals surface area (Å²) in [7, 11) is 0. The Morgan fingerprint density at radius 3 is 2.47 bits per heavy atom. The minimum atomic E-state index is 0.835. The Hall–Kier alpha value is -2.41. The first-order valence-electron chi connectivity index (χ1n) is 6.43. The number of benzene rings is 2. The first-order chi connectivity index (χ1) is 9.40. The molecule has 0 aliphatic rings. The molecule has 0 aliphatic carbocycles. The second-order valence-electron chi connectivity index (χ2n) is 4.53. The van der Waals surface area contributed by atoms with Gasteiger partial charge in [0.05, 0.1) is 5.52 Å². The molecule has 0 saturated carbocycles. The van der Waals surface area contributed by atoms with Crippen LogP contribution in [0.3, 0.4) is 0 Å². The summed E-state index contributed by atoms with van der Waals surface area (Å²) in [5, 5.41) is 1.20. The van der Waals surface area contributed by atoms with E-state index in [0.29, 0.717) is 0 Å². The maximum Gasteiger partial charge on any atom is 0.0708 e. The maximum absolute atomic E-state index is 4.54. The van der Waals surface area contributed by atoms with Crippen LogP contribution < -0.4 is 0 Å². The highest BCUT2D eigenvalue weighted by molar-refractivity contribution is 5.96. The topological polar surface area (TPSA) is 12.9 Å². The molecule has 0 spiro atoms. The van der Waals surface area contributed by atoms with Gasteiger partial charge in [0, 0.05) is 11.6 Å². The van der Waals surface area contributed by atoms with E-state index in [0.717, 1.165) is 11.9 Å². The van der Waals surface area contributed by atoms with Crippen molar-refractivity contribution in [3.05, 3.63) is 79.0 Å². The van der Waals surface area contributed by atoms with Gasteiger partial charge in [-0.05, 0) is 29.2 Å². The molecule has 0 saturated heterocycles. The lowest BCUT2D eigenvalue weighted by atomic mass is 9.95. The van der Waals surface area contributed by atoms with Crippen LogP contribution in [0.25, 0.3) is 22.0 Å². The lowest BCUT2D eigenvalue weighted by molar-refractivity contribution is 1.23. The SMILES string of the molecule is C=CCc1cnc2ccccc2c1-c1ccccc1. The van der Waals surface area contributed by atoms with Crippen molar-refractivity contribution in [3.8, 4) is 11.1 Å². The van der Waals surface area contributed by atoms with Gasteiger partial charge in [0.25, 0.3) is 0 Å². The predicted molar refractivity (Wildman–Crippen MR) is 81.1 cm³/mol. The molecule has 0 aliphatic heterocycles. The highest BCUT2D eigenvalue weighted by Crippen LogP contribution is 2.31. The van der Waals surface area contributed by atoms with Crippen LogP contribution in [0.15, 0.2) is 73.4 Å². The summed E-state index contributed by atoms with van der Waals surface area (Å²) < 4.78 is 0. The highest BCUT2D eigenvalue weighted by atomic mass is 14.7. The molecule has 0 amide bonds. The molecule has 3 aromatic rings. The number of hydrogen-bond acceptors (Lipinski definition) is 1. The smallest absolute Gasteiger partial charge is 0.0708 e. The average molecular weight is 245 g/mol. The Morgan fingerprint density at radius 1 is 0.947 bits per heavy atom. The van der Waals surface area contributed by atoms with Crippen LogP contribution in [0.2, 0.25) is 0 Å². The number of fused-ring (bicyclic) bond motifs is 1. The van der Waals surface area contributed by atoms with Gasteiger partial charge in [-0.15, -0.1) is 6.58 Å². The Labute approximate surface area is 113 Å². The van der Waals surface area contributed by atoms with Crippen molar-refractivity contribution in [2.75, 3.05) is 0 Å². The second-order valence-corrected chi connectivity index (χ2v) is 4.53. The number of nitrogens with zero attached hydrogens (tertiary/aromatic N) is 1. The van der Waals surface area contributed by atoms with E-state index in [1.165, 1.54) is 22.1 Å². The maximum atomic E-state index is 4.54. The summed E-state index contributed by atoms with van der Waals surface area (Å²) >= 11 is 0. The number of aromatic nitrogens is 1. The standard InChI is InChI=1S/C18H15N/c1-2-8-15-13-19-17-12-7-6-11-16(17)18(15)14-9-4-3-5-10-14/h2-7,9-13H,1,8H2. The fourth-order valence-electron chi connectivity index (χ4n) is 2.44. The normalized spacial score (nSPS) is 10.5. The summed E-state index contributed by atoms with van der Waals surface area (Å²) in [4.78, 5) is 4.54. The van der Waals surface area contributed by atoms with Crippen molar-refractivity contribution >= 4 is 10.9 Å². The minimum Gasteiger partial charge on any atom is -0.256 e. The zero-order valence-corrected chi connectivity index (χ0v) is 10.7. The van der Waals surface area contributed by atoms with Gasteiger partial charge in [0.15, 0.2) is 0 Å². The number of rotatable bonds is 3. The Balaban J connectivity index is 2.35. The van der Waals surface area contributed by atoms with E-state index in [2.05, 4.69) is 54.0 Å². The molecule has 92 valence electrons. The molecule has 0 atom stereocenters. The molecule has 3 rings (SSSR count). The zero-order chi connectivity index (χ0) is 13.1. The number of allylic oxidation sites excluding steroid dienone is 1. The van der Waals surface area contributed by atoms with E-state index in [4.69, 9.17) is 0 Å². The van der Waals surface area contributed by atoms with Crippen LogP contribution in [0.1, 0.15) is 5.56 Å². The first-order valence-corrected chi connectivity index (χ1v) is 6.43. The fraction of sp³-hybridized carbons (Fsp3) is 0.0556. The molecule has 0 bridgehead atoms. The summed E-state index contributed by atoms with van der Waals surface area (Å²) in [6.07, 6.45) is 4.73. The van der Waals surface area contributed by atoms with Crippen molar-refractivity contribution < 1.29 is 0 Å². The van der Waals surface area contributed by atoms with Crippen molar-refractivity contribution in [1.82, 2.24) is 4.98 Å². The van der Waals surface area contributed by atoms with E-state index < -0.39 is 0 Å². The van der Waals surface area contributed by atoms with Gasteiger partial charge in [-0.3, -0.25) is 4.98 Å². The van der Waals surface area contributed by atoms with Crippen LogP contribution in [0, 0.1) is 0 Å². The van der Waals surface area contributed by atoms with Crippen molar-refractivity contribution in [2.24, 2.45) is 0 Å². The van der Waals surface area contributed by atoms with E-state index in [9.17, 15) is 0 Å². The molecule has 0 fully saturated rings. The van der Waals surface area contributed by atoms with Gasteiger partial charge < -0.3 is 0 Å². The molecular formula is C18H15N. The summed E-state index contributed by atoms with van der Waals surface area (Å²) in [5.74, 6) is 0.